The van der Waals surface area contributed by atoms with E-state index in [0.717, 1.165) is 37.7 Å². The van der Waals surface area contributed by atoms with Gasteiger partial charge in [-0.3, -0.25) is 0 Å². The van der Waals surface area contributed by atoms with E-state index in [-0.39, 0.29) is 23.3 Å². The summed E-state index contributed by atoms with van der Waals surface area (Å²) in [4.78, 5) is 23.4. The minimum Gasteiger partial charge on any atom is -0.478 e. The summed E-state index contributed by atoms with van der Waals surface area (Å²) in [6.45, 7) is 1.20. The molecule has 0 aliphatic carbocycles. The number of benzene rings is 1. The van der Waals surface area contributed by atoms with Crippen LogP contribution in [0, 0.1) is 0 Å². The number of hydrogen-bond acceptors (Lipinski definition) is 4. The molecule has 2 aliphatic heterocycles. The molecule has 0 amide bonds. The molecule has 2 fully saturated rings. The molecular formula is C18H22O6. The van der Waals surface area contributed by atoms with Crippen molar-refractivity contribution in [3.8, 4) is 0 Å². The quantitative estimate of drug-likeness (QED) is 0.874. The van der Waals surface area contributed by atoms with E-state index >= 15 is 0 Å². The van der Waals surface area contributed by atoms with Gasteiger partial charge in [0.1, 0.15) is 0 Å². The predicted molar refractivity (Wildman–Crippen MR) is 85.4 cm³/mol. The second kappa shape index (κ2) is 7.32. The monoisotopic (exact) mass is 334 g/mol. The van der Waals surface area contributed by atoms with Crippen LogP contribution in [0.3, 0.4) is 0 Å². The topological polar surface area (TPSA) is 93.1 Å². The van der Waals surface area contributed by atoms with Gasteiger partial charge in [0.2, 0.25) is 0 Å². The third kappa shape index (κ3) is 3.30. The molecule has 2 N–H and O–H groups in total. The van der Waals surface area contributed by atoms with E-state index in [1.165, 1.54) is 6.07 Å². The maximum Gasteiger partial charge on any atom is 0.336 e. The van der Waals surface area contributed by atoms with Crippen LogP contribution in [-0.2, 0) is 9.47 Å². The number of aromatic carboxylic acids is 2. The van der Waals surface area contributed by atoms with Crippen molar-refractivity contribution in [1.82, 2.24) is 0 Å². The number of carbonyl (C=O) groups is 2. The second-order valence-corrected chi connectivity index (χ2v) is 6.31. The van der Waals surface area contributed by atoms with E-state index in [2.05, 4.69) is 0 Å². The zero-order valence-corrected chi connectivity index (χ0v) is 13.5. The first-order chi connectivity index (χ1) is 11.6. The number of rotatable bonds is 4. The van der Waals surface area contributed by atoms with Crippen molar-refractivity contribution in [1.29, 1.82) is 0 Å². The van der Waals surface area contributed by atoms with E-state index in [9.17, 15) is 19.8 Å². The Hall–Kier alpha value is -1.92. The summed E-state index contributed by atoms with van der Waals surface area (Å²) < 4.78 is 11.6. The van der Waals surface area contributed by atoms with Gasteiger partial charge in [0.25, 0.3) is 0 Å². The summed E-state index contributed by atoms with van der Waals surface area (Å²) in [7, 11) is 0. The molecule has 2 heterocycles. The van der Waals surface area contributed by atoms with Crippen LogP contribution in [0.2, 0.25) is 0 Å². The standard InChI is InChI=1S/C18H22O6/c19-17(20)12-8-7-11(13-5-1-3-9-23-13)15(16(12)18(21)22)14-6-2-4-10-24-14/h7-8,13-14H,1-6,9-10H2,(H,19,20)(H,21,22). The van der Waals surface area contributed by atoms with E-state index in [1.807, 2.05) is 0 Å². The summed E-state index contributed by atoms with van der Waals surface area (Å²) in [5.41, 5.74) is 0.922. The molecule has 0 aromatic heterocycles. The molecule has 0 saturated carbocycles. The molecule has 1 aromatic rings. The van der Waals surface area contributed by atoms with Gasteiger partial charge >= 0.3 is 11.9 Å². The molecule has 0 spiro atoms. The highest BCUT2D eigenvalue weighted by Gasteiger charge is 2.32. The zero-order chi connectivity index (χ0) is 17.1. The smallest absolute Gasteiger partial charge is 0.336 e. The van der Waals surface area contributed by atoms with Crippen LogP contribution in [0.15, 0.2) is 12.1 Å². The van der Waals surface area contributed by atoms with Crippen molar-refractivity contribution >= 4 is 11.9 Å². The fourth-order valence-corrected chi connectivity index (χ4v) is 3.63. The Morgan fingerprint density at radius 2 is 1.50 bits per heavy atom. The number of hydrogen-bond donors (Lipinski definition) is 2. The van der Waals surface area contributed by atoms with Crippen LogP contribution >= 0.6 is 0 Å². The molecule has 2 aliphatic rings. The molecule has 3 rings (SSSR count). The van der Waals surface area contributed by atoms with Gasteiger partial charge in [-0.1, -0.05) is 6.07 Å². The molecule has 6 nitrogen and oxygen atoms in total. The maximum atomic E-state index is 11.9. The second-order valence-electron chi connectivity index (χ2n) is 6.31. The van der Waals surface area contributed by atoms with Crippen LogP contribution in [-0.4, -0.2) is 35.4 Å². The van der Waals surface area contributed by atoms with Crippen molar-refractivity contribution < 1.29 is 29.3 Å². The fourth-order valence-electron chi connectivity index (χ4n) is 3.63. The summed E-state index contributed by atoms with van der Waals surface area (Å²) in [6.07, 6.45) is 4.81. The van der Waals surface area contributed by atoms with E-state index in [0.29, 0.717) is 25.2 Å². The summed E-state index contributed by atoms with van der Waals surface area (Å²) in [5.74, 6) is -2.46. The van der Waals surface area contributed by atoms with Crippen LogP contribution in [0.25, 0.3) is 0 Å². The largest absolute Gasteiger partial charge is 0.478 e. The average Bonchev–Trinajstić information content (AvgIpc) is 2.61. The Kier molecular flexibility index (Phi) is 5.16. The van der Waals surface area contributed by atoms with Gasteiger partial charge in [-0.2, -0.15) is 0 Å². The summed E-state index contributed by atoms with van der Waals surface area (Å²) >= 11 is 0. The van der Waals surface area contributed by atoms with Gasteiger partial charge in [-0.15, -0.1) is 0 Å². The van der Waals surface area contributed by atoms with Gasteiger partial charge in [-0.25, -0.2) is 9.59 Å². The van der Waals surface area contributed by atoms with Gasteiger partial charge in [0.15, 0.2) is 0 Å². The van der Waals surface area contributed by atoms with Crippen LogP contribution < -0.4 is 0 Å². The third-order valence-corrected chi connectivity index (χ3v) is 4.75. The molecule has 24 heavy (non-hydrogen) atoms. The Morgan fingerprint density at radius 1 is 0.875 bits per heavy atom. The molecule has 1 aromatic carbocycles. The predicted octanol–water partition coefficient (Wildman–Crippen LogP) is 3.57. The van der Waals surface area contributed by atoms with Crippen LogP contribution in [0.1, 0.15) is 82.6 Å². The minimum absolute atomic E-state index is 0.152. The summed E-state index contributed by atoms with van der Waals surface area (Å²) in [6, 6.07) is 3.09. The average molecular weight is 334 g/mol. The molecule has 130 valence electrons. The number of carboxylic acids is 2. The van der Waals surface area contributed by atoms with E-state index in [4.69, 9.17) is 9.47 Å². The van der Waals surface area contributed by atoms with Crippen LogP contribution in [0.4, 0.5) is 0 Å². The van der Waals surface area contributed by atoms with Crippen molar-refractivity contribution in [2.75, 3.05) is 13.2 Å². The first kappa shape index (κ1) is 16.9. The highest BCUT2D eigenvalue weighted by molar-refractivity contribution is 6.03. The fraction of sp³-hybridized carbons (Fsp3) is 0.556. The van der Waals surface area contributed by atoms with Gasteiger partial charge in [0, 0.05) is 18.8 Å². The molecule has 6 heteroatoms. The van der Waals surface area contributed by atoms with Crippen molar-refractivity contribution in [3.63, 3.8) is 0 Å². The van der Waals surface area contributed by atoms with Gasteiger partial charge in [-0.05, 0) is 50.2 Å². The normalized spacial score (nSPS) is 24.5. The van der Waals surface area contributed by atoms with Gasteiger partial charge in [0.05, 0.1) is 23.3 Å². The molecule has 2 saturated heterocycles. The molecular weight excluding hydrogens is 312 g/mol. The lowest BCUT2D eigenvalue weighted by Crippen LogP contribution is -2.23. The lowest BCUT2D eigenvalue weighted by atomic mass is 9.85. The lowest BCUT2D eigenvalue weighted by molar-refractivity contribution is -0.00127. The zero-order valence-electron chi connectivity index (χ0n) is 13.5. The minimum atomic E-state index is -1.24. The molecule has 2 unspecified atom stereocenters. The Labute approximate surface area is 140 Å². The Balaban J connectivity index is 2.14. The highest BCUT2D eigenvalue weighted by atomic mass is 16.5. The SMILES string of the molecule is O=C(O)c1ccc(C2CCCCO2)c(C2CCCCO2)c1C(=O)O. The lowest BCUT2D eigenvalue weighted by Gasteiger charge is -2.31. The first-order valence-corrected chi connectivity index (χ1v) is 8.46. The van der Waals surface area contributed by atoms with E-state index < -0.39 is 11.9 Å². The molecule has 0 radical (unpaired) electrons. The summed E-state index contributed by atoms with van der Waals surface area (Å²) in [5, 5.41) is 19.1. The number of carboxylic acid groups (broad SMARTS) is 2. The van der Waals surface area contributed by atoms with Crippen molar-refractivity contribution in [2.45, 2.75) is 50.7 Å². The number of ether oxygens (including phenoxy) is 2. The Bertz CT molecular complexity index is 627. The molecule has 2 atom stereocenters. The Morgan fingerprint density at radius 3 is 2.00 bits per heavy atom. The van der Waals surface area contributed by atoms with Crippen molar-refractivity contribution in [3.05, 3.63) is 34.4 Å². The highest BCUT2D eigenvalue weighted by Crippen LogP contribution is 2.40. The van der Waals surface area contributed by atoms with Crippen LogP contribution in [0.5, 0.6) is 0 Å². The third-order valence-electron chi connectivity index (χ3n) is 4.75. The molecule has 0 bridgehead atoms. The van der Waals surface area contributed by atoms with Gasteiger partial charge < -0.3 is 19.7 Å². The van der Waals surface area contributed by atoms with E-state index in [1.54, 1.807) is 6.07 Å². The van der Waals surface area contributed by atoms with Crippen molar-refractivity contribution in [2.24, 2.45) is 0 Å². The maximum absolute atomic E-state index is 11.9. The first-order valence-electron chi connectivity index (χ1n) is 8.46.